The van der Waals surface area contributed by atoms with E-state index < -0.39 is 0 Å². The Hall–Kier alpha value is -1.83. The Labute approximate surface area is 102 Å². The maximum Gasteiger partial charge on any atom is 0.123 e. The van der Waals surface area contributed by atoms with Crippen molar-refractivity contribution in [3.8, 4) is 0 Å². The van der Waals surface area contributed by atoms with Crippen LogP contribution in [0.5, 0.6) is 0 Å². The van der Waals surface area contributed by atoms with Gasteiger partial charge in [0, 0.05) is 12.2 Å². The Balaban J connectivity index is 0.000000686. The SMILES string of the molecule is C=CC1=CC=C(c2cccc(F)c2)CN1.CC. The van der Waals surface area contributed by atoms with Crippen molar-refractivity contribution in [2.24, 2.45) is 0 Å². The maximum absolute atomic E-state index is 13.0. The first-order valence-corrected chi connectivity index (χ1v) is 5.83. The number of dihydropyridines is 1. The summed E-state index contributed by atoms with van der Waals surface area (Å²) in [5.41, 5.74) is 3.00. The van der Waals surface area contributed by atoms with E-state index in [4.69, 9.17) is 0 Å². The number of hydrogen-bond acceptors (Lipinski definition) is 1. The van der Waals surface area contributed by atoms with Crippen molar-refractivity contribution in [3.63, 3.8) is 0 Å². The molecular formula is C15H18FN. The second kappa shape index (κ2) is 6.69. The lowest BCUT2D eigenvalue weighted by molar-refractivity contribution is 0.627. The van der Waals surface area contributed by atoms with E-state index in [1.807, 2.05) is 32.1 Å². The summed E-state index contributed by atoms with van der Waals surface area (Å²) >= 11 is 0. The van der Waals surface area contributed by atoms with Crippen molar-refractivity contribution < 1.29 is 4.39 Å². The summed E-state index contributed by atoms with van der Waals surface area (Å²) in [6, 6.07) is 6.62. The van der Waals surface area contributed by atoms with Gasteiger partial charge in [-0.3, -0.25) is 0 Å². The molecule has 1 nitrogen and oxygen atoms in total. The van der Waals surface area contributed by atoms with Crippen LogP contribution in [0.2, 0.25) is 0 Å². The summed E-state index contributed by atoms with van der Waals surface area (Å²) in [7, 11) is 0. The van der Waals surface area contributed by atoms with E-state index in [1.165, 1.54) is 6.07 Å². The normalized spacial score (nSPS) is 13.6. The third kappa shape index (κ3) is 3.59. The van der Waals surface area contributed by atoms with Crippen LogP contribution in [0, 0.1) is 5.82 Å². The van der Waals surface area contributed by atoms with Crippen LogP contribution in [0.4, 0.5) is 4.39 Å². The monoisotopic (exact) mass is 231 g/mol. The Morgan fingerprint density at radius 2 is 2.06 bits per heavy atom. The molecule has 90 valence electrons. The van der Waals surface area contributed by atoms with E-state index in [2.05, 4.69) is 11.9 Å². The van der Waals surface area contributed by atoms with Gasteiger partial charge in [0.2, 0.25) is 0 Å². The van der Waals surface area contributed by atoms with Gasteiger partial charge in [-0.05, 0) is 35.4 Å². The highest BCUT2D eigenvalue weighted by Crippen LogP contribution is 2.18. The predicted octanol–water partition coefficient (Wildman–Crippen LogP) is 3.91. The number of rotatable bonds is 2. The van der Waals surface area contributed by atoms with Gasteiger partial charge in [0.25, 0.3) is 0 Å². The van der Waals surface area contributed by atoms with E-state index in [-0.39, 0.29) is 5.82 Å². The molecular weight excluding hydrogens is 213 g/mol. The molecule has 1 aliphatic heterocycles. The Kier molecular flexibility index (Phi) is 5.21. The quantitative estimate of drug-likeness (QED) is 0.813. The van der Waals surface area contributed by atoms with E-state index in [9.17, 15) is 4.39 Å². The first-order valence-electron chi connectivity index (χ1n) is 5.83. The fraction of sp³-hybridized carbons (Fsp3) is 0.200. The van der Waals surface area contributed by atoms with Gasteiger partial charge >= 0.3 is 0 Å². The molecule has 1 aromatic rings. The molecule has 1 heterocycles. The molecule has 0 amide bonds. The lowest BCUT2D eigenvalue weighted by Gasteiger charge is -2.15. The lowest BCUT2D eigenvalue weighted by atomic mass is 10.0. The molecule has 1 N–H and O–H groups in total. The lowest BCUT2D eigenvalue weighted by Crippen LogP contribution is -2.17. The molecule has 0 unspecified atom stereocenters. The fourth-order valence-corrected chi connectivity index (χ4v) is 1.53. The Bertz CT molecular complexity index is 444. The second-order valence-electron chi connectivity index (χ2n) is 3.38. The molecule has 0 aromatic heterocycles. The minimum Gasteiger partial charge on any atom is -0.381 e. The van der Waals surface area contributed by atoms with Crippen LogP contribution < -0.4 is 5.32 Å². The van der Waals surface area contributed by atoms with Crippen molar-refractivity contribution >= 4 is 5.57 Å². The van der Waals surface area contributed by atoms with Crippen molar-refractivity contribution in [3.05, 3.63) is 66.2 Å². The largest absolute Gasteiger partial charge is 0.381 e. The van der Waals surface area contributed by atoms with E-state index in [0.717, 1.165) is 16.8 Å². The van der Waals surface area contributed by atoms with Crippen LogP contribution in [0.15, 0.2) is 54.8 Å². The summed E-state index contributed by atoms with van der Waals surface area (Å²) < 4.78 is 13.0. The third-order valence-electron chi connectivity index (χ3n) is 2.36. The van der Waals surface area contributed by atoms with E-state index in [0.29, 0.717) is 6.54 Å². The molecule has 17 heavy (non-hydrogen) atoms. The molecule has 0 radical (unpaired) electrons. The van der Waals surface area contributed by atoms with E-state index in [1.54, 1.807) is 18.2 Å². The summed E-state index contributed by atoms with van der Waals surface area (Å²) in [4.78, 5) is 0. The van der Waals surface area contributed by atoms with Crippen LogP contribution in [0.3, 0.4) is 0 Å². The second-order valence-corrected chi connectivity index (χ2v) is 3.38. The van der Waals surface area contributed by atoms with Gasteiger partial charge in [0.1, 0.15) is 5.82 Å². The third-order valence-corrected chi connectivity index (χ3v) is 2.36. The molecule has 1 aliphatic rings. The summed E-state index contributed by atoms with van der Waals surface area (Å²) in [5, 5.41) is 3.19. The van der Waals surface area contributed by atoms with E-state index >= 15 is 0 Å². The van der Waals surface area contributed by atoms with Crippen molar-refractivity contribution in [1.29, 1.82) is 0 Å². The minimum absolute atomic E-state index is 0.202. The Morgan fingerprint density at radius 3 is 2.59 bits per heavy atom. The molecule has 0 bridgehead atoms. The molecule has 0 saturated heterocycles. The van der Waals surface area contributed by atoms with Gasteiger partial charge in [-0.2, -0.15) is 0 Å². The summed E-state index contributed by atoms with van der Waals surface area (Å²) in [5.74, 6) is -0.202. The van der Waals surface area contributed by atoms with Crippen molar-refractivity contribution in [2.45, 2.75) is 13.8 Å². The number of benzene rings is 1. The molecule has 0 atom stereocenters. The topological polar surface area (TPSA) is 12.0 Å². The smallest absolute Gasteiger partial charge is 0.123 e. The highest BCUT2D eigenvalue weighted by molar-refractivity contribution is 5.70. The van der Waals surface area contributed by atoms with Crippen molar-refractivity contribution in [1.82, 2.24) is 5.32 Å². The van der Waals surface area contributed by atoms with Crippen LogP contribution >= 0.6 is 0 Å². The zero-order valence-corrected chi connectivity index (χ0v) is 10.3. The number of nitrogens with one attached hydrogen (secondary N) is 1. The van der Waals surface area contributed by atoms with Crippen LogP contribution in [-0.4, -0.2) is 6.54 Å². The Morgan fingerprint density at radius 1 is 1.29 bits per heavy atom. The number of allylic oxidation sites excluding steroid dienone is 3. The molecule has 2 heteroatoms. The average Bonchev–Trinajstić information content (AvgIpc) is 2.41. The zero-order valence-electron chi connectivity index (χ0n) is 10.3. The zero-order chi connectivity index (χ0) is 12.7. The standard InChI is InChI=1S/C13H12FN.C2H6/c1-2-13-7-6-11(9-15-13)10-4-3-5-12(14)8-10;1-2/h2-8,15H,1,9H2;1-2H3. The van der Waals surface area contributed by atoms with Crippen molar-refractivity contribution in [2.75, 3.05) is 6.54 Å². The highest BCUT2D eigenvalue weighted by Gasteiger charge is 2.05. The predicted molar refractivity (Wildman–Crippen MR) is 72.0 cm³/mol. The van der Waals surface area contributed by atoms with Gasteiger partial charge in [0.15, 0.2) is 0 Å². The van der Waals surface area contributed by atoms with Gasteiger partial charge in [-0.25, -0.2) is 4.39 Å². The molecule has 0 spiro atoms. The highest BCUT2D eigenvalue weighted by atomic mass is 19.1. The van der Waals surface area contributed by atoms with Gasteiger partial charge < -0.3 is 5.32 Å². The molecule has 0 aliphatic carbocycles. The average molecular weight is 231 g/mol. The van der Waals surface area contributed by atoms with Gasteiger partial charge in [-0.1, -0.05) is 38.6 Å². The van der Waals surface area contributed by atoms with Crippen LogP contribution in [0.25, 0.3) is 5.57 Å². The molecule has 0 fully saturated rings. The fourth-order valence-electron chi connectivity index (χ4n) is 1.53. The van der Waals surface area contributed by atoms with Crippen LogP contribution in [0.1, 0.15) is 19.4 Å². The first kappa shape index (κ1) is 13.2. The first-order chi connectivity index (χ1) is 8.29. The number of halogens is 1. The van der Waals surface area contributed by atoms with Crippen LogP contribution in [-0.2, 0) is 0 Å². The number of hydrogen-bond donors (Lipinski definition) is 1. The molecule has 0 saturated carbocycles. The summed E-state index contributed by atoms with van der Waals surface area (Å²) in [6.07, 6.45) is 5.69. The minimum atomic E-state index is -0.202. The van der Waals surface area contributed by atoms with Gasteiger partial charge in [0.05, 0.1) is 0 Å². The summed E-state index contributed by atoms with van der Waals surface area (Å²) in [6.45, 7) is 8.39. The molecule has 1 aromatic carbocycles. The molecule has 2 rings (SSSR count). The van der Waals surface area contributed by atoms with Gasteiger partial charge in [-0.15, -0.1) is 0 Å². The maximum atomic E-state index is 13.0.